The summed E-state index contributed by atoms with van der Waals surface area (Å²) in [5.74, 6) is -0.154. The Bertz CT molecular complexity index is 597. The van der Waals surface area contributed by atoms with Gasteiger partial charge in [-0.3, -0.25) is 9.48 Å². The Labute approximate surface area is 142 Å². The number of hydrogen-bond acceptors (Lipinski definition) is 4. The Morgan fingerprint density at radius 2 is 2.04 bits per heavy atom. The molecular weight excluding hydrogens is 310 g/mol. The first-order chi connectivity index (χ1) is 11.3. The van der Waals surface area contributed by atoms with Gasteiger partial charge < -0.3 is 19.9 Å². The Balaban J connectivity index is 1.92. The standard InChI is InChI=1S/C16H27N5O3/c1-11(2)24-12(3)15(22)17-9-13-8-14-10-20(16(23)19(4)5)6-7-21(14)18-13/h8,11-12H,6-7,9-10H2,1-5H3,(H,17,22)/t12-/m0/s1. The van der Waals surface area contributed by atoms with E-state index >= 15 is 0 Å². The Hall–Kier alpha value is -2.09. The van der Waals surface area contributed by atoms with Crippen LogP contribution in [0.1, 0.15) is 32.2 Å². The molecular formula is C16H27N5O3. The van der Waals surface area contributed by atoms with Crippen molar-refractivity contribution in [2.24, 2.45) is 0 Å². The van der Waals surface area contributed by atoms with Crippen LogP contribution in [0.4, 0.5) is 4.79 Å². The zero-order valence-electron chi connectivity index (χ0n) is 15.1. The van der Waals surface area contributed by atoms with Gasteiger partial charge in [-0.25, -0.2) is 4.79 Å². The van der Waals surface area contributed by atoms with Crippen molar-refractivity contribution in [2.75, 3.05) is 20.6 Å². The predicted octanol–water partition coefficient (Wildman–Crippen LogP) is 0.810. The number of carbonyl (C=O) groups is 2. The largest absolute Gasteiger partial charge is 0.366 e. The highest BCUT2D eigenvalue weighted by atomic mass is 16.5. The van der Waals surface area contributed by atoms with E-state index in [1.807, 2.05) is 24.6 Å². The lowest BCUT2D eigenvalue weighted by atomic mass is 10.3. The molecule has 24 heavy (non-hydrogen) atoms. The molecule has 1 aliphatic heterocycles. The second-order valence-electron chi connectivity index (χ2n) is 6.49. The van der Waals surface area contributed by atoms with Crippen molar-refractivity contribution in [1.29, 1.82) is 0 Å². The highest BCUT2D eigenvalue weighted by Gasteiger charge is 2.23. The molecule has 0 saturated heterocycles. The third-order valence-electron chi connectivity index (χ3n) is 3.79. The molecule has 8 heteroatoms. The lowest BCUT2D eigenvalue weighted by Gasteiger charge is -2.29. The average molecular weight is 337 g/mol. The number of nitrogens with zero attached hydrogens (tertiary/aromatic N) is 4. The van der Waals surface area contributed by atoms with E-state index in [-0.39, 0.29) is 18.0 Å². The van der Waals surface area contributed by atoms with Gasteiger partial charge in [-0.2, -0.15) is 5.10 Å². The number of carbonyl (C=O) groups excluding carboxylic acids is 2. The minimum absolute atomic E-state index is 0.00281. The molecule has 1 N–H and O–H groups in total. The van der Waals surface area contributed by atoms with Crippen LogP contribution in [0.5, 0.6) is 0 Å². The molecule has 8 nitrogen and oxygen atoms in total. The first-order valence-corrected chi connectivity index (χ1v) is 8.23. The molecule has 0 unspecified atom stereocenters. The SMILES string of the molecule is CC(C)O[C@@H](C)C(=O)NCc1cc2n(n1)CCN(C(=O)N(C)C)C2. The lowest BCUT2D eigenvalue weighted by molar-refractivity contribution is -0.134. The fraction of sp³-hybridized carbons (Fsp3) is 0.688. The number of hydrogen-bond donors (Lipinski definition) is 1. The monoisotopic (exact) mass is 337 g/mol. The van der Waals surface area contributed by atoms with Crippen LogP contribution in [-0.4, -0.2) is 64.4 Å². The number of urea groups is 1. The molecule has 0 aliphatic carbocycles. The fourth-order valence-electron chi connectivity index (χ4n) is 2.65. The van der Waals surface area contributed by atoms with Crippen molar-refractivity contribution in [1.82, 2.24) is 24.9 Å². The van der Waals surface area contributed by atoms with E-state index in [1.54, 1.807) is 30.8 Å². The van der Waals surface area contributed by atoms with Gasteiger partial charge in [0, 0.05) is 20.6 Å². The van der Waals surface area contributed by atoms with Gasteiger partial charge in [0.15, 0.2) is 0 Å². The van der Waals surface area contributed by atoms with Crippen LogP contribution < -0.4 is 5.32 Å². The quantitative estimate of drug-likeness (QED) is 0.862. The zero-order valence-corrected chi connectivity index (χ0v) is 15.1. The van der Waals surface area contributed by atoms with Crippen molar-refractivity contribution in [3.63, 3.8) is 0 Å². The average Bonchev–Trinajstić information content (AvgIpc) is 2.92. The maximum Gasteiger partial charge on any atom is 0.319 e. The smallest absolute Gasteiger partial charge is 0.319 e. The van der Waals surface area contributed by atoms with E-state index in [4.69, 9.17) is 4.74 Å². The van der Waals surface area contributed by atoms with Gasteiger partial charge >= 0.3 is 6.03 Å². The molecule has 1 atom stereocenters. The predicted molar refractivity (Wildman–Crippen MR) is 89.2 cm³/mol. The number of fused-ring (bicyclic) bond motifs is 1. The Morgan fingerprint density at radius 3 is 2.67 bits per heavy atom. The van der Waals surface area contributed by atoms with Crippen LogP contribution in [0, 0.1) is 0 Å². The maximum atomic E-state index is 12.0. The van der Waals surface area contributed by atoms with E-state index in [1.165, 1.54) is 0 Å². The maximum absolute atomic E-state index is 12.0. The van der Waals surface area contributed by atoms with Crippen LogP contribution in [0.2, 0.25) is 0 Å². The van der Waals surface area contributed by atoms with Gasteiger partial charge in [-0.1, -0.05) is 0 Å². The van der Waals surface area contributed by atoms with Crippen molar-refractivity contribution < 1.29 is 14.3 Å². The molecule has 0 aromatic carbocycles. The molecule has 1 aromatic heterocycles. The molecule has 2 heterocycles. The summed E-state index contributed by atoms with van der Waals surface area (Å²) in [6.45, 7) is 7.71. The topological polar surface area (TPSA) is 79.7 Å². The molecule has 0 fully saturated rings. The second kappa shape index (κ2) is 7.65. The molecule has 1 aliphatic rings. The highest BCUT2D eigenvalue weighted by molar-refractivity contribution is 5.80. The summed E-state index contributed by atoms with van der Waals surface area (Å²) >= 11 is 0. The summed E-state index contributed by atoms with van der Waals surface area (Å²) in [6, 6.07) is 1.93. The second-order valence-corrected chi connectivity index (χ2v) is 6.49. The van der Waals surface area contributed by atoms with Gasteiger partial charge in [0.1, 0.15) is 6.10 Å². The van der Waals surface area contributed by atoms with Gasteiger partial charge in [0.2, 0.25) is 5.91 Å². The van der Waals surface area contributed by atoms with Crippen molar-refractivity contribution in [2.45, 2.75) is 52.6 Å². The van der Waals surface area contributed by atoms with Crippen LogP contribution in [0.25, 0.3) is 0 Å². The molecule has 0 spiro atoms. The third kappa shape index (κ3) is 4.47. The van der Waals surface area contributed by atoms with Crippen molar-refractivity contribution in [3.05, 3.63) is 17.5 Å². The molecule has 2 rings (SSSR count). The number of amides is 3. The minimum atomic E-state index is -0.490. The molecule has 0 bridgehead atoms. The van der Waals surface area contributed by atoms with Crippen molar-refractivity contribution in [3.8, 4) is 0 Å². The van der Waals surface area contributed by atoms with E-state index in [0.717, 1.165) is 11.4 Å². The van der Waals surface area contributed by atoms with Crippen LogP contribution in [0.15, 0.2) is 6.07 Å². The molecule has 1 aromatic rings. The molecule has 134 valence electrons. The number of ether oxygens (including phenoxy) is 1. The minimum Gasteiger partial charge on any atom is -0.366 e. The fourth-order valence-corrected chi connectivity index (χ4v) is 2.65. The molecule has 3 amide bonds. The van der Waals surface area contributed by atoms with Gasteiger partial charge in [0.05, 0.1) is 37.1 Å². The van der Waals surface area contributed by atoms with E-state index in [9.17, 15) is 9.59 Å². The summed E-state index contributed by atoms with van der Waals surface area (Å²) in [7, 11) is 3.49. The first kappa shape index (κ1) is 18.3. The van der Waals surface area contributed by atoms with Crippen LogP contribution in [-0.2, 0) is 29.2 Å². The summed E-state index contributed by atoms with van der Waals surface area (Å²) in [5.41, 5.74) is 1.77. The highest BCUT2D eigenvalue weighted by Crippen LogP contribution is 2.14. The van der Waals surface area contributed by atoms with E-state index in [2.05, 4.69) is 10.4 Å². The van der Waals surface area contributed by atoms with Crippen LogP contribution in [0.3, 0.4) is 0 Å². The van der Waals surface area contributed by atoms with Crippen LogP contribution >= 0.6 is 0 Å². The summed E-state index contributed by atoms with van der Waals surface area (Å²) in [5, 5.41) is 7.33. The van der Waals surface area contributed by atoms with E-state index < -0.39 is 6.10 Å². The van der Waals surface area contributed by atoms with Gasteiger partial charge in [-0.15, -0.1) is 0 Å². The summed E-state index contributed by atoms with van der Waals surface area (Å²) in [4.78, 5) is 27.4. The van der Waals surface area contributed by atoms with Gasteiger partial charge in [0.25, 0.3) is 0 Å². The Kier molecular flexibility index (Phi) is 5.82. The van der Waals surface area contributed by atoms with Gasteiger partial charge in [-0.05, 0) is 26.8 Å². The summed E-state index contributed by atoms with van der Waals surface area (Å²) in [6.07, 6.45) is -0.485. The number of nitrogens with one attached hydrogen (secondary N) is 1. The summed E-state index contributed by atoms with van der Waals surface area (Å²) < 4.78 is 7.36. The lowest BCUT2D eigenvalue weighted by Crippen LogP contribution is -2.43. The normalized spacial score (nSPS) is 15.2. The van der Waals surface area contributed by atoms with Crippen molar-refractivity contribution >= 4 is 11.9 Å². The van der Waals surface area contributed by atoms with E-state index in [0.29, 0.717) is 26.2 Å². The zero-order chi connectivity index (χ0) is 17.9. The molecule has 0 saturated carbocycles. The third-order valence-corrected chi connectivity index (χ3v) is 3.79. The first-order valence-electron chi connectivity index (χ1n) is 8.23. The Morgan fingerprint density at radius 1 is 1.33 bits per heavy atom. The molecule has 0 radical (unpaired) electrons. The number of aromatic nitrogens is 2. The number of rotatable bonds is 5.